The van der Waals surface area contributed by atoms with Crippen LogP contribution in [0.4, 0.5) is 4.79 Å². The van der Waals surface area contributed by atoms with Crippen molar-refractivity contribution in [1.29, 1.82) is 0 Å². The molecule has 1 heterocycles. The monoisotopic (exact) mass is 385 g/mol. The van der Waals surface area contributed by atoms with E-state index in [0.717, 1.165) is 19.3 Å². The van der Waals surface area contributed by atoms with E-state index in [-0.39, 0.29) is 24.0 Å². The van der Waals surface area contributed by atoms with Crippen LogP contribution in [0.5, 0.6) is 0 Å². The van der Waals surface area contributed by atoms with Gasteiger partial charge in [-0.1, -0.05) is 50.3 Å². The lowest BCUT2D eigenvalue weighted by Gasteiger charge is -2.30. The van der Waals surface area contributed by atoms with E-state index in [9.17, 15) is 9.59 Å². The molecule has 1 amide bonds. The maximum Gasteiger partial charge on any atom is 0.408 e. The van der Waals surface area contributed by atoms with Crippen molar-refractivity contribution < 1.29 is 19.1 Å². The predicted octanol–water partition coefficient (Wildman–Crippen LogP) is 4.92. The maximum absolute atomic E-state index is 12.3. The Morgan fingerprint density at radius 1 is 1.35 bits per heavy atom. The molecule has 1 saturated heterocycles. The molecule has 0 bridgehead atoms. The number of esters is 1. The minimum absolute atomic E-state index is 0.231. The average molecular weight is 386 g/mol. The van der Waals surface area contributed by atoms with Crippen LogP contribution in [-0.4, -0.2) is 29.8 Å². The second-order valence-electron chi connectivity index (χ2n) is 8.62. The predicted molar refractivity (Wildman–Crippen MR) is 102 cm³/mol. The van der Waals surface area contributed by atoms with Crippen LogP contribution in [0.2, 0.25) is 0 Å². The molecular weight excluding hydrogens is 354 g/mol. The summed E-state index contributed by atoms with van der Waals surface area (Å²) < 4.78 is 11.0. The largest absolute Gasteiger partial charge is 0.460 e. The minimum atomic E-state index is -0.565. The molecule has 0 radical (unpaired) electrons. The summed E-state index contributed by atoms with van der Waals surface area (Å²) in [6, 6.07) is -0.231. The molecule has 2 fully saturated rings. The molecule has 6 heteroatoms. The lowest BCUT2D eigenvalue weighted by molar-refractivity contribution is -0.145. The minimum Gasteiger partial charge on any atom is -0.460 e. The Labute approximate surface area is 161 Å². The fourth-order valence-corrected chi connectivity index (χ4v) is 4.08. The van der Waals surface area contributed by atoms with E-state index in [0.29, 0.717) is 23.8 Å². The molecule has 5 nitrogen and oxygen atoms in total. The van der Waals surface area contributed by atoms with E-state index in [2.05, 4.69) is 11.9 Å². The van der Waals surface area contributed by atoms with Crippen molar-refractivity contribution in [3.05, 3.63) is 11.6 Å². The number of rotatable bonds is 6. The highest BCUT2D eigenvalue weighted by Crippen LogP contribution is 2.34. The van der Waals surface area contributed by atoms with E-state index in [4.69, 9.17) is 21.1 Å². The van der Waals surface area contributed by atoms with Crippen molar-refractivity contribution in [2.24, 2.45) is 11.8 Å². The molecule has 3 atom stereocenters. The van der Waals surface area contributed by atoms with Crippen molar-refractivity contribution in [3.8, 4) is 0 Å². The molecule has 2 unspecified atom stereocenters. The van der Waals surface area contributed by atoms with Gasteiger partial charge in [-0.2, -0.15) is 0 Å². The zero-order valence-corrected chi connectivity index (χ0v) is 16.9. The number of halogens is 1. The van der Waals surface area contributed by atoms with Gasteiger partial charge in [0.2, 0.25) is 0 Å². The Morgan fingerprint density at radius 3 is 2.58 bits per heavy atom. The zero-order chi connectivity index (χ0) is 19.3. The molecule has 0 aromatic heterocycles. The second-order valence-corrected chi connectivity index (χ2v) is 9.16. The van der Waals surface area contributed by atoms with Crippen LogP contribution in [0.3, 0.4) is 0 Å². The van der Waals surface area contributed by atoms with Gasteiger partial charge in [-0.25, -0.2) is 4.79 Å². The molecule has 0 spiro atoms. The van der Waals surface area contributed by atoms with E-state index in [1.807, 2.05) is 20.8 Å². The number of nitrogens with one attached hydrogen (secondary N) is 1. The van der Waals surface area contributed by atoms with Crippen molar-refractivity contribution in [2.45, 2.75) is 89.9 Å². The third-order valence-corrected chi connectivity index (χ3v) is 5.20. The number of alkyl carbamates (subject to hydrolysis) is 1. The van der Waals surface area contributed by atoms with Crippen molar-refractivity contribution in [3.63, 3.8) is 0 Å². The molecule has 26 heavy (non-hydrogen) atoms. The Bertz CT molecular complexity index is 522. The van der Waals surface area contributed by atoms with Crippen LogP contribution in [-0.2, 0) is 14.3 Å². The van der Waals surface area contributed by atoms with Gasteiger partial charge < -0.3 is 14.8 Å². The van der Waals surface area contributed by atoms with Crippen LogP contribution < -0.4 is 5.32 Å². The normalized spacial score (nSPS) is 25.5. The highest BCUT2D eigenvalue weighted by atomic mass is 35.5. The summed E-state index contributed by atoms with van der Waals surface area (Å²) >= 11 is 5.87. The van der Waals surface area contributed by atoms with Gasteiger partial charge in [-0.05, 0) is 39.5 Å². The van der Waals surface area contributed by atoms with Crippen LogP contribution in [0.25, 0.3) is 0 Å². The number of hydrogen-bond acceptors (Lipinski definition) is 4. The van der Waals surface area contributed by atoms with Gasteiger partial charge in [0.25, 0.3) is 0 Å². The van der Waals surface area contributed by atoms with Gasteiger partial charge in [-0.3, -0.25) is 4.79 Å². The summed E-state index contributed by atoms with van der Waals surface area (Å²) in [5.74, 6) is 0.0140. The number of cyclic esters (lactones) is 1. The van der Waals surface area contributed by atoms with Gasteiger partial charge in [0, 0.05) is 11.5 Å². The van der Waals surface area contributed by atoms with Crippen molar-refractivity contribution >= 4 is 23.7 Å². The summed E-state index contributed by atoms with van der Waals surface area (Å²) in [4.78, 5) is 24.5. The van der Waals surface area contributed by atoms with E-state index < -0.39 is 11.7 Å². The SMILES string of the molecule is C=C(Cl)CC1C[C@@H](C(CC2CCCCC2)NC(=O)OC(C)(C)C)OC1=O. The summed E-state index contributed by atoms with van der Waals surface area (Å²) in [6.45, 7) is 9.17. The van der Waals surface area contributed by atoms with Crippen molar-refractivity contribution in [2.75, 3.05) is 0 Å². The smallest absolute Gasteiger partial charge is 0.408 e. The van der Waals surface area contributed by atoms with Crippen LogP contribution in [0.15, 0.2) is 11.6 Å². The fraction of sp³-hybridized carbons (Fsp3) is 0.800. The maximum atomic E-state index is 12.3. The highest BCUT2D eigenvalue weighted by molar-refractivity contribution is 6.29. The summed E-state index contributed by atoms with van der Waals surface area (Å²) in [5.41, 5.74) is -0.565. The number of amides is 1. The molecule has 2 aliphatic rings. The van der Waals surface area contributed by atoms with E-state index >= 15 is 0 Å². The fourth-order valence-electron chi connectivity index (χ4n) is 3.90. The number of hydrogen-bond donors (Lipinski definition) is 1. The summed E-state index contributed by atoms with van der Waals surface area (Å²) in [7, 11) is 0. The van der Waals surface area contributed by atoms with Crippen LogP contribution in [0.1, 0.15) is 72.1 Å². The quantitative estimate of drug-likeness (QED) is 0.658. The van der Waals surface area contributed by atoms with Gasteiger partial charge in [0.05, 0.1) is 12.0 Å². The third-order valence-electron chi connectivity index (χ3n) is 5.05. The summed E-state index contributed by atoms with van der Waals surface area (Å²) in [6.07, 6.45) is 7.04. The molecule has 1 aliphatic carbocycles. The van der Waals surface area contributed by atoms with E-state index in [1.165, 1.54) is 19.3 Å². The van der Waals surface area contributed by atoms with Gasteiger partial charge >= 0.3 is 12.1 Å². The second kappa shape index (κ2) is 9.12. The molecule has 0 aromatic rings. The first kappa shape index (κ1) is 21.1. The lowest BCUT2D eigenvalue weighted by atomic mass is 9.83. The molecule has 1 saturated carbocycles. The standard InChI is InChI=1S/C20H32ClNO4/c1-13(21)10-15-12-17(25-18(15)23)16(11-14-8-6-5-7-9-14)22-19(24)26-20(2,3)4/h14-17H,1,5-12H2,2-4H3,(H,22,24)/t15?,16?,17-/m0/s1. The first-order valence-electron chi connectivity index (χ1n) is 9.67. The van der Waals surface area contributed by atoms with E-state index in [1.54, 1.807) is 0 Å². The molecule has 1 N–H and O–H groups in total. The first-order chi connectivity index (χ1) is 12.1. The lowest BCUT2D eigenvalue weighted by Crippen LogP contribution is -2.46. The number of carbonyl (C=O) groups excluding carboxylic acids is 2. The van der Waals surface area contributed by atoms with Gasteiger partial charge in [0.15, 0.2) is 0 Å². The van der Waals surface area contributed by atoms with Gasteiger partial charge in [0.1, 0.15) is 11.7 Å². The first-order valence-corrected chi connectivity index (χ1v) is 10.0. The highest BCUT2D eigenvalue weighted by Gasteiger charge is 2.40. The number of ether oxygens (including phenoxy) is 2. The number of carbonyl (C=O) groups is 2. The van der Waals surface area contributed by atoms with Crippen LogP contribution in [0, 0.1) is 11.8 Å². The molecule has 1 aliphatic heterocycles. The van der Waals surface area contributed by atoms with Crippen LogP contribution >= 0.6 is 11.6 Å². The molecule has 148 valence electrons. The third kappa shape index (κ3) is 6.82. The Hall–Kier alpha value is -1.23. The molecule has 0 aromatic carbocycles. The average Bonchev–Trinajstić information content (AvgIpc) is 2.86. The topological polar surface area (TPSA) is 64.6 Å². The van der Waals surface area contributed by atoms with Crippen molar-refractivity contribution in [1.82, 2.24) is 5.32 Å². The van der Waals surface area contributed by atoms with Gasteiger partial charge in [-0.15, -0.1) is 0 Å². The molecular formula is C20H32ClNO4. The Kier molecular flexibility index (Phi) is 7.39. The summed E-state index contributed by atoms with van der Waals surface area (Å²) in [5, 5.41) is 3.42. The number of allylic oxidation sites excluding steroid dienone is 1. The molecule has 2 rings (SSSR count). The Balaban J connectivity index is 2.03. The zero-order valence-electron chi connectivity index (χ0n) is 16.2. The Morgan fingerprint density at radius 2 is 2.00 bits per heavy atom.